The van der Waals surface area contributed by atoms with Crippen molar-refractivity contribution < 1.29 is 14.6 Å². The smallest absolute Gasteiger partial charge is 0.321 e. The van der Waals surface area contributed by atoms with Crippen molar-refractivity contribution in [2.45, 2.75) is 32.2 Å². The Bertz CT molecular complexity index is 639. The van der Waals surface area contributed by atoms with Gasteiger partial charge in [-0.2, -0.15) is 0 Å². The Labute approximate surface area is 142 Å². The van der Waals surface area contributed by atoms with Crippen LogP contribution in [0.4, 0.5) is 0 Å². The van der Waals surface area contributed by atoms with Crippen molar-refractivity contribution >= 4 is 5.97 Å². The Morgan fingerprint density at radius 2 is 1.92 bits per heavy atom. The number of benzene rings is 1. The summed E-state index contributed by atoms with van der Waals surface area (Å²) in [7, 11) is 1.65. The number of nitrogens with zero attached hydrogens (tertiary/aromatic N) is 1. The van der Waals surface area contributed by atoms with Gasteiger partial charge in [0.05, 0.1) is 6.61 Å². The van der Waals surface area contributed by atoms with Crippen molar-refractivity contribution in [3.63, 3.8) is 0 Å². The van der Waals surface area contributed by atoms with Gasteiger partial charge in [0.1, 0.15) is 11.8 Å². The monoisotopic (exact) mass is 328 g/mol. The lowest BCUT2D eigenvalue weighted by Crippen LogP contribution is -2.35. The minimum Gasteiger partial charge on any atom is -0.493 e. The van der Waals surface area contributed by atoms with Gasteiger partial charge < -0.3 is 15.2 Å². The van der Waals surface area contributed by atoms with Crippen LogP contribution in [0.2, 0.25) is 0 Å². The van der Waals surface area contributed by atoms with E-state index in [1.165, 1.54) is 5.56 Å². The first kappa shape index (κ1) is 17.9. The molecule has 2 N–H and O–H groups in total. The standard InChI is InChI=1S/C19H24N2O3/c1-3-14-4-7-16(21-13-14)10-11-24-17-8-5-15(6-9-17)12-18(20-2)19(22)23/h4-9,13,18,20H,3,10-12H2,1-2H3,(H,22,23). The molecule has 0 saturated heterocycles. The van der Waals surface area contributed by atoms with Crippen molar-refractivity contribution in [2.75, 3.05) is 13.7 Å². The lowest BCUT2D eigenvalue weighted by molar-refractivity contribution is -0.139. The minimum atomic E-state index is -0.848. The SMILES string of the molecule is CCc1ccc(CCOc2ccc(CC(NC)C(=O)O)cc2)nc1. The van der Waals surface area contributed by atoms with Gasteiger partial charge in [0.15, 0.2) is 0 Å². The molecule has 0 aliphatic heterocycles. The molecule has 1 aromatic heterocycles. The predicted molar refractivity (Wildman–Crippen MR) is 93.4 cm³/mol. The first-order valence-corrected chi connectivity index (χ1v) is 8.18. The number of ether oxygens (including phenoxy) is 1. The van der Waals surface area contributed by atoms with Crippen LogP contribution in [-0.2, 0) is 24.1 Å². The molecular formula is C19H24N2O3. The second-order valence-electron chi connectivity index (χ2n) is 5.64. The molecule has 0 amide bonds. The Kier molecular flexibility index (Phi) is 6.75. The summed E-state index contributed by atoms with van der Waals surface area (Å²) in [4.78, 5) is 15.4. The first-order valence-electron chi connectivity index (χ1n) is 8.18. The van der Waals surface area contributed by atoms with Crippen molar-refractivity contribution in [3.8, 4) is 5.75 Å². The molecule has 5 heteroatoms. The summed E-state index contributed by atoms with van der Waals surface area (Å²) in [6.07, 6.45) is 4.10. The number of nitrogens with one attached hydrogen (secondary N) is 1. The van der Waals surface area contributed by atoms with E-state index < -0.39 is 12.0 Å². The highest BCUT2D eigenvalue weighted by Gasteiger charge is 2.15. The molecule has 1 aromatic carbocycles. The second-order valence-corrected chi connectivity index (χ2v) is 5.64. The van der Waals surface area contributed by atoms with E-state index in [1.54, 1.807) is 7.05 Å². The van der Waals surface area contributed by atoms with Gasteiger partial charge in [-0.1, -0.05) is 25.1 Å². The average molecular weight is 328 g/mol. The molecule has 0 aliphatic rings. The molecule has 0 aliphatic carbocycles. The van der Waals surface area contributed by atoms with Gasteiger partial charge in [-0.25, -0.2) is 0 Å². The Balaban J connectivity index is 1.81. The van der Waals surface area contributed by atoms with Gasteiger partial charge >= 0.3 is 5.97 Å². The molecule has 0 saturated carbocycles. The van der Waals surface area contributed by atoms with E-state index in [9.17, 15) is 4.79 Å². The first-order chi connectivity index (χ1) is 11.6. The number of carbonyl (C=O) groups is 1. The van der Waals surface area contributed by atoms with E-state index in [2.05, 4.69) is 23.3 Å². The van der Waals surface area contributed by atoms with Crippen LogP contribution in [0, 0.1) is 0 Å². The maximum Gasteiger partial charge on any atom is 0.321 e. The number of hydrogen-bond donors (Lipinski definition) is 2. The quantitative estimate of drug-likeness (QED) is 0.740. The summed E-state index contributed by atoms with van der Waals surface area (Å²) >= 11 is 0. The molecule has 0 spiro atoms. The molecule has 24 heavy (non-hydrogen) atoms. The van der Waals surface area contributed by atoms with E-state index in [-0.39, 0.29) is 0 Å². The largest absolute Gasteiger partial charge is 0.493 e. The number of aryl methyl sites for hydroxylation is 1. The zero-order valence-corrected chi connectivity index (χ0v) is 14.2. The number of pyridine rings is 1. The number of rotatable bonds is 9. The number of aromatic nitrogens is 1. The summed E-state index contributed by atoms with van der Waals surface area (Å²) in [6, 6.07) is 11.1. The van der Waals surface area contributed by atoms with Gasteiger partial charge in [0, 0.05) is 18.3 Å². The van der Waals surface area contributed by atoms with E-state index in [0.29, 0.717) is 13.0 Å². The topological polar surface area (TPSA) is 71.5 Å². The molecule has 5 nitrogen and oxygen atoms in total. The van der Waals surface area contributed by atoms with Crippen LogP contribution < -0.4 is 10.1 Å². The van der Waals surface area contributed by atoms with Crippen LogP contribution >= 0.6 is 0 Å². The average Bonchev–Trinajstić information content (AvgIpc) is 2.61. The van der Waals surface area contributed by atoms with Crippen LogP contribution in [0.1, 0.15) is 23.7 Å². The zero-order valence-electron chi connectivity index (χ0n) is 14.2. The zero-order chi connectivity index (χ0) is 17.4. The third kappa shape index (κ3) is 5.35. The summed E-state index contributed by atoms with van der Waals surface area (Å²) < 4.78 is 5.73. The summed E-state index contributed by atoms with van der Waals surface area (Å²) in [5.74, 6) is -0.0697. The molecule has 128 valence electrons. The second kappa shape index (κ2) is 9.03. The fourth-order valence-electron chi connectivity index (χ4n) is 2.36. The Hall–Kier alpha value is -2.40. The number of carboxylic acid groups (broad SMARTS) is 1. The van der Waals surface area contributed by atoms with Gasteiger partial charge in [0.2, 0.25) is 0 Å². The summed E-state index contributed by atoms with van der Waals surface area (Å²) in [5, 5.41) is 11.8. The molecule has 1 unspecified atom stereocenters. The highest BCUT2D eigenvalue weighted by molar-refractivity contribution is 5.73. The highest BCUT2D eigenvalue weighted by atomic mass is 16.5. The lowest BCUT2D eigenvalue weighted by atomic mass is 10.1. The van der Waals surface area contributed by atoms with E-state index in [4.69, 9.17) is 9.84 Å². The molecule has 1 heterocycles. The third-order valence-electron chi connectivity index (χ3n) is 3.93. The van der Waals surface area contributed by atoms with Gasteiger partial charge in [-0.05, 0) is 49.2 Å². The van der Waals surface area contributed by atoms with Crippen molar-refractivity contribution in [1.29, 1.82) is 0 Å². The maximum absolute atomic E-state index is 11.0. The van der Waals surface area contributed by atoms with Gasteiger partial charge in [-0.15, -0.1) is 0 Å². The molecule has 0 radical (unpaired) electrons. The third-order valence-corrected chi connectivity index (χ3v) is 3.93. The molecule has 2 rings (SSSR count). The molecular weight excluding hydrogens is 304 g/mol. The summed E-state index contributed by atoms with van der Waals surface area (Å²) in [5.41, 5.74) is 3.21. The van der Waals surface area contributed by atoms with Crippen LogP contribution in [0.15, 0.2) is 42.6 Å². The van der Waals surface area contributed by atoms with Crippen LogP contribution in [0.25, 0.3) is 0 Å². The molecule has 2 aromatic rings. The maximum atomic E-state index is 11.0. The fourth-order valence-corrected chi connectivity index (χ4v) is 2.36. The summed E-state index contributed by atoms with van der Waals surface area (Å²) in [6.45, 7) is 2.67. The molecule has 0 fully saturated rings. The van der Waals surface area contributed by atoms with Crippen LogP contribution in [0.3, 0.4) is 0 Å². The Morgan fingerprint density at radius 1 is 1.21 bits per heavy atom. The highest BCUT2D eigenvalue weighted by Crippen LogP contribution is 2.14. The van der Waals surface area contributed by atoms with Crippen molar-refractivity contribution in [2.24, 2.45) is 0 Å². The van der Waals surface area contributed by atoms with Crippen LogP contribution in [0.5, 0.6) is 5.75 Å². The molecule has 0 bridgehead atoms. The number of carboxylic acids is 1. The van der Waals surface area contributed by atoms with E-state index >= 15 is 0 Å². The normalized spacial score (nSPS) is 11.9. The fraction of sp³-hybridized carbons (Fsp3) is 0.368. The number of aliphatic carboxylic acids is 1. The molecule has 1 atom stereocenters. The minimum absolute atomic E-state index is 0.444. The van der Waals surface area contributed by atoms with Gasteiger partial charge in [-0.3, -0.25) is 9.78 Å². The van der Waals surface area contributed by atoms with Crippen molar-refractivity contribution in [1.82, 2.24) is 10.3 Å². The Morgan fingerprint density at radius 3 is 2.46 bits per heavy atom. The number of hydrogen-bond acceptors (Lipinski definition) is 4. The van der Waals surface area contributed by atoms with Crippen molar-refractivity contribution in [3.05, 3.63) is 59.4 Å². The van der Waals surface area contributed by atoms with E-state index in [0.717, 1.165) is 29.8 Å². The lowest BCUT2D eigenvalue weighted by Gasteiger charge is -2.12. The predicted octanol–water partition coefficient (Wildman–Crippen LogP) is 2.48. The van der Waals surface area contributed by atoms with E-state index in [1.807, 2.05) is 36.5 Å². The van der Waals surface area contributed by atoms with Crippen LogP contribution in [-0.4, -0.2) is 35.8 Å². The van der Waals surface area contributed by atoms with Gasteiger partial charge in [0.25, 0.3) is 0 Å². The number of likely N-dealkylation sites (N-methyl/N-ethyl adjacent to an activating group) is 1.